The van der Waals surface area contributed by atoms with Crippen LogP contribution >= 0.6 is 0 Å². The van der Waals surface area contributed by atoms with E-state index in [4.69, 9.17) is 10.6 Å². The van der Waals surface area contributed by atoms with Crippen LogP contribution in [0, 0.1) is 11.7 Å². The number of hydrogen-bond acceptors (Lipinski definition) is 3. The molecule has 0 spiro atoms. The van der Waals surface area contributed by atoms with E-state index < -0.39 is 0 Å². The highest BCUT2D eigenvalue weighted by Gasteiger charge is 2.49. The number of benzene rings is 1. The van der Waals surface area contributed by atoms with Crippen molar-refractivity contribution in [3.8, 4) is 0 Å². The van der Waals surface area contributed by atoms with E-state index in [0.29, 0.717) is 0 Å². The molecule has 0 aliphatic carbocycles. The molecule has 0 radical (unpaired) electrons. The maximum absolute atomic E-state index is 13.4. The molecule has 19 heavy (non-hydrogen) atoms. The second-order valence-corrected chi connectivity index (χ2v) is 6.48. The third-order valence-electron chi connectivity index (χ3n) is 3.93. The molecule has 2 unspecified atom stereocenters. The fourth-order valence-corrected chi connectivity index (χ4v) is 3.27. The van der Waals surface area contributed by atoms with Crippen LogP contribution in [0.1, 0.15) is 45.7 Å². The average molecular weight is 266 g/mol. The first-order valence-electron chi connectivity index (χ1n) is 6.67. The number of rotatable bonds is 3. The lowest BCUT2D eigenvalue weighted by molar-refractivity contribution is -0.0779. The fourth-order valence-electron chi connectivity index (χ4n) is 3.27. The van der Waals surface area contributed by atoms with E-state index in [1.54, 1.807) is 6.07 Å². The van der Waals surface area contributed by atoms with Crippen molar-refractivity contribution >= 4 is 0 Å². The summed E-state index contributed by atoms with van der Waals surface area (Å²) in [5, 5.41) is 0. The van der Waals surface area contributed by atoms with Crippen LogP contribution < -0.4 is 11.3 Å². The summed E-state index contributed by atoms with van der Waals surface area (Å²) in [6.07, 6.45) is 0.880. The Kier molecular flexibility index (Phi) is 3.69. The molecule has 1 saturated heterocycles. The fraction of sp³-hybridized carbons (Fsp3) is 0.600. The quantitative estimate of drug-likeness (QED) is 0.653. The zero-order chi connectivity index (χ0) is 14.3. The van der Waals surface area contributed by atoms with Crippen LogP contribution in [0.5, 0.6) is 0 Å². The predicted octanol–water partition coefficient (Wildman–Crippen LogP) is 2.92. The Morgan fingerprint density at radius 2 is 2.05 bits per heavy atom. The summed E-state index contributed by atoms with van der Waals surface area (Å²) in [5.74, 6) is 5.66. The van der Waals surface area contributed by atoms with E-state index in [2.05, 4.69) is 33.1 Å². The van der Waals surface area contributed by atoms with Gasteiger partial charge in [-0.05, 0) is 51.8 Å². The molecule has 2 rings (SSSR count). The van der Waals surface area contributed by atoms with Gasteiger partial charge >= 0.3 is 0 Å². The Labute approximate surface area is 114 Å². The van der Waals surface area contributed by atoms with Gasteiger partial charge in [0.05, 0.1) is 17.2 Å². The molecule has 3 N–H and O–H groups in total. The van der Waals surface area contributed by atoms with Gasteiger partial charge in [-0.15, -0.1) is 0 Å². The molecule has 2 atom stereocenters. The molecule has 1 aromatic rings. The molecule has 0 saturated carbocycles. The standard InChI is InChI=1S/C15H23FN2O/c1-14(2)9-12(15(3,4)19-14)13(18-17)10-6-5-7-11(16)8-10/h5-8,12-13,18H,9,17H2,1-4H3. The zero-order valence-corrected chi connectivity index (χ0v) is 12.0. The number of hydrogen-bond donors (Lipinski definition) is 2. The van der Waals surface area contributed by atoms with Gasteiger partial charge in [0.15, 0.2) is 0 Å². The van der Waals surface area contributed by atoms with Crippen LogP contribution in [0.4, 0.5) is 4.39 Å². The summed E-state index contributed by atoms with van der Waals surface area (Å²) in [6.45, 7) is 8.29. The van der Waals surface area contributed by atoms with Crippen LogP contribution in [-0.2, 0) is 4.74 Å². The maximum Gasteiger partial charge on any atom is 0.123 e. The van der Waals surface area contributed by atoms with E-state index in [1.165, 1.54) is 12.1 Å². The molecule has 0 aromatic heterocycles. The Hall–Kier alpha value is -0.970. The summed E-state index contributed by atoms with van der Waals surface area (Å²) in [4.78, 5) is 0. The normalized spacial score (nSPS) is 26.3. The molecule has 3 nitrogen and oxygen atoms in total. The lowest BCUT2D eigenvalue weighted by atomic mass is 9.79. The number of hydrazine groups is 1. The highest BCUT2D eigenvalue weighted by molar-refractivity contribution is 5.22. The lowest BCUT2D eigenvalue weighted by Gasteiger charge is -2.32. The predicted molar refractivity (Wildman–Crippen MR) is 73.8 cm³/mol. The van der Waals surface area contributed by atoms with Crippen molar-refractivity contribution in [3.63, 3.8) is 0 Å². The van der Waals surface area contributed by atoms with Crippen LogP contribution in [0.25, 0.3) is 0 Å². The molecular weight excluding hydrogens is 243 g/mol. The number of ether oxygens (including phenoxy) is 1. The first-order chi connectivity index (χ1) is 8.75. The molecule has 1 fully saturated rings. The Bertz CT molecular complexity index is 459. The van der Waals surface area contributed by atoms with Crippen molar-refractivity contribution in [2.75, 3.05) is 0 Å². The SMILES string of the molecule is CC1(C)CC(C(NN)c2cccc(F)c2)C(C)(C)O1. The van der Waals surface area contributed by atoms with Gasteiger partial charge < -0.3 is 4.74 Å². The third-order valence-corrected chi connectivity index (χ3v) is 3.93. The smallest absolute Gasteiger partial charge is 0.123 e. The minimum atomic E-state index is -0.299. The molecule has 1 aliphatic heterocycles. The maximum atomic E-state index is 13.4. The van der Waals surface area contributed by atoms with Crippen molar-refractivity contribution in [2.24, 2.45) is 11.8 Å². The zero-order valence-electron chi connectivity index (χ0n) is 12.0. The van der Waals surface area contributed by atoms with Crippen molar-refractivity contribution < 1.29 is 9.13 Å². The molecule has 0 bridgehead atoms. The third kappa shape index (κ3) is 2.96. The van der Waals surface area contributed by atoms with E-state index in [9.17, 15) is 4.39 Å². The van der Waals surface area contributed by atoms with Crippen LogP contribution in [-0.4, -0.2) is 11.2 Å². The highest BCUT2D eigenvalue weighted by atomic mass is 19.1. The largest absolute Gasteiger partial charge is 0.369 e. The second kappa shape index (κ2) is 4.85. The first kappa shape index (κ1) is 14.4. The van der Waals surface area contributed by atoms with Crippen molar-refractivity contribution in [2.45, 2.75) is 51.4 Å². The van der Waals surface area contributed by atoms with E-state index in [1.807, 2.05) is 6.07 Å². The second-order valence-electron chi connectivity index (χ2n) is 6.48. The van der Waals surface area contributed by atoms with Crippen LogP contribution in [0.2, 0.25) is 0 Å². The van der Waals surface area contributed by atoms with Gasteiger partial charge in [-0.25, -0.2) is 4.39 Å². The number of nitrogens with one attached hydrogen (secondary N) is 1. The van der Waals surface area contributed by atoms with Gasteiger partial charge in [0.1, 0.15) is 5.82 Å². The summed E-state index contributed by atoms with van der Waals surface area (Å²) in [7, 11) is 0. The van der Waals surface area contributed by atoms with Crippen molar-refractivity contribution in [1.82, 2.24) is 5.43 Å². The number of halogens is 1. The minimum Gasteiger partial charge on any atom is -0.369 e. The molecule has 4 heteroatoms. The topological polar surface area (TPSA) is 47.3 Å². The van der Waals surface area contributed by atoms with Crippen molar-refractivity contribution in [1.29, 1.82) is 0 Å². The summed E-state index contributed by atoms with van der Waals surface area (Å²) in [5.41, 5.74) is 3.21. The van der Waals surface area contributed by atoms with Gasteiger partial charge in [-0.1, -0.05) is 12.1 Å². The lowest BCUT2D eigenvalue weighted by Crippen LogP contribution is -2.41. The molecule has 1 aliphatic rings. The highest BCUT2D eigenvalue weighted by Crippen LogP contribution is 2.47. The van der Waals surface area contributed by atoms with E-state index in [0.717, 1.165) is 12.0 Å². The van der Waals surface area contributed by atoms with Gasteiger partial charge in [0.25, 0.3) is 0 Å². The van der Waals surface area contributed by atoms with Gasteiger partial charge in [0.2, 0.25) is 0 Å². The van der Waals surface area contributed by atoms with E-state index in [-0.39, 0.29) is 29.0 Å². The monoisotopic (exact) mass is 266 g/mol. The summed E-state index contributed by atoms with van der Waals surface area (Å²) in [6, 6.07) is 6.47. The number of nitrogens with two attached hydrogens (primary N) is 1. The Balaban J connectivity index is 2.32. The summed E-state index contributed by atoms with van der Waals surface area (Å²) < 4.78 is 19.5. The molecule has 1 aromatic carbocycles. The minimum absolute atomic E-state index is 0.118. The summed E-state index contributed by atoms with van der Waals surface area (Å²) >= 11 is 0. The van der Waals surface area contributed by atoms with Crippen molar-refractivity contribution in [3.05, 3.63) is 35.6 Å². The van der Waals surface area contributed by atoms with Gasteiger partial charge in [0, 0.05) is 5.92 Å². The Morgan fingerprint density at radius 1 is 1.37 bits per heavy atom. The van der Waals surface area contributed by atoms with Crippen LogP contribution in [0.15, 0.2) is 24.3 Å². The molecule has 106 valence electrons. The van der Waals surface area contributed by atoms with Gasteiger partial charge in [-0.2, -0.15) is 0 Å². The Morgan fingerprint density at radius 3 is 2.53 bits per heavy atom. The molecule has 0 amide bonds. The van der Waals surface area contributed by atoms with E-state index >= 15 is 0 Å². The average Bonchev–Trinajstić information content (AvgIpc) is 2.48. The van der Waals surface area contributed by atoms with Gasteiger partial charge in [-0.3, -0.25) is 11.3 Å². The molecule has 1 heterocycles. The molecular formula is C15H23FN2O. The first-order valence-corrected chi connectivity index (χ1v) is 6.67. The van der Waals surface area contributed by atoms with Crippen LogP contribution in [0.3, 0.4) is 0 Å².